The van der Waals surface area contributed by atoms with Crippen molar-refractivity contribution in [3.63, 3.8) is 0 Å². The van der Waals surface area contributed by atoms with Crippen molar-refractivity contribution in [2.24, 2.45) is 16.7 Å². The van der Waals surface area contributed by atoms with Gasteiger partial charge in [-0.3, -0.25) is 19.7 Å². The van der Waals surface area contributed by atoms with E-state index < -0.39 is 29.1 Å². The number of rotatable bonds is 6. The molecular weight excluding hydrogens is 608 g/mol. The van der Waals surface area contributed by atoms with Crippen LogP contribution in [0.4, 0.5) is 0 Å². The van der Waals surface area contributed by atoms with Gasteiger partial charge in [-0.15, -0.1) is 0 Å². The van der Waals surface area contributed by atoms with E-state index in [1.54, 1.807) is 11.9 Å². The SMILES string of the molecule is CNC(=O)[C@@H]1C[C@@H](O)CN1C(=O)[C@@H](N1CC(C2CCCCCCC2)(C2NC(C(=O)OC)CCC23CCCCCCCC3)NN1)C(C)(C)C. The van der Waals surface area contributed by atoms with E-state index in [-0.39, 0.29) is 48.2 Å². The molecule has 48 heavy (non-hydrogen) atoms. The molecule has 11 nitrogen and oxygen atoms in total. The highest BCUT2D eigenvalue weighted by atomic mass is 16.5. The highest BCUT2D eigenvalue weighted by molar-refractivity contribution is 5.90. The molecule has 0 bridgehead atoms. The Balaban J connectivity index is 1.56. The van der Waals surface area contributed by atoms with Crippen LogP contribution >= 0.6 is 0 Å². The topological polar surface area (TPSA) is 135 Å². The lowest BCUT2D eigenvalue weighted by molar-refractivity contribution is -0.147. The maximum atomic E-state index is 14.7. The van der Waals surface area contributed by atoms with Gasteiger partial charge in [-0.1, -0.05) is 91.4 Å². The largest absolute Gasteiger partial charge is 0.468 e. The van der Waals surface area contributed by atoms with Crippen molar-refractivity contribution < 1.29 is 24.2 Å². The van der Waals surface area contributed by atoms with Crippen molar-refractivity contribution >= 4 is 17.8 Å². The molecule has 1 spiro atoms. The molecule has 2 aliphatic carbocycles. The average Bonchev–Trinajstić information content (AvgIpc) is 3.67. The van der Waals surface area contributed by atoms with Gasteiger partial charge in [-0.2, -0.15) is 5.53 Å². The van der Waals surface area contributed by atoms with Crippen LogP contribution in [-0.2, 0) is 19.1 Å². The van der Waals surface area contributed by atoms with Gasteiger partial charge in [0.2, 0.25) is 11.8 Å². The number of carbonyl (C=O) groups is 3. The summed E-state index contributed by atoms with van der Waals surface area (Å²) in [5, 5.41) is 19.4. The second kappa shape index (κ2) is 16.0. The number of nitrogens with one attached hydrogen (secondary N) is 4. The molecule has 0 aromatic rings. The third-order valence-electron chi connectivity index (χ3n) is 12.7. The van der Waals surface area contributed by atoms with E-state index in [1.165, 1.54) is 77.7 Å². The van der Waals surface area contributed by atoms with E-state index in [1.807, 2.05) is 0 Å². The highest BCUT2D eigenvalue weighted by Crippen LogP contribution is 2.51. The number of nitrogens with zero attached hydrogens (tertiary/aromatic N) is 2. The van der Waals surface area contributed by atoms with Crippen LogP contribution in [0.1, 0.15) is 136 Å². The minimum Gasteiger partial charge on any atom is -0.468 e. The fourth-order valence-corrected chi connectivity index (χ4v) is 10.3. The molecular formula is C37H66N6O5. The van der Waals surface area contributed by atoms with Crippen molar-refractivity contribution in [1.82, 2.24) is 31.5 Å². The minimum absolute atomic E-state index is 0.00539. The average molecular weight is 675 g/mol. The van der Waals surface area contributed by atoms with Crippen LogP contribution in [0.5, 0.6) is 0 Å². The van der Waals surface area contributed by atoms with Gasteiger partial charge in [0.25, 0.3) is 0 Å². The first-order valence-electron chi connectivity index (χ1n) is 19.3. The van der Waals surface area contributed by atoms with Crippen molar-refractivity contribution in [2.75, 3.05) is 27.2 Å². The van der Waals surface area contributed by atoms with Crippen LogP contribution in [0.15, 0.2) is 0 Å². The lowest BCUT2D eigenvalue weighted by atomic mass is 9.57. The Morgan fingerprint density at radius 1 is 0.896 bits per heavy atom. The van der Waals surface area contributed by atoms with Gasteiger partial charge >= 0.3 is 5.97 Å². The molecule has 3 unspecified atom stereocenters. The Morgan fingerprint density at radius 3 is 2.08 bits per heavy atom. The molecule has 5 N–H and O–H groups in total. The number of piperidine rings is 1. The van der Waals surface area contributed by atoms with Crippen LogP contribution in [0, 0.1) is 16.7 Å². The van der Waals surface area contributed by atoms with Crippen molar-refractivity contribution in [2.45, 2.75) is 172 Å². The van der Waals surface area contributed by atoms with Gasteiger partial charge in [0.05, 0.1) is 18.8 Å². The summed E-state index contributed by atoms with van der Waals surface area (Å²) in [5.74, 6) is -0.233. The molecule has 274 valence electrons. The van der Waals surface area contributed by atoms with Crippen molar-refractivity contribution in [3.05, 3.63) is 0 Å². The molecule has 6 atom stereocenters. The van der Waals surface area contributed by atoms with Crippen LogP contribution < -0.4 is 21.6 Å². The van der Waals surface area contributed by atoms with Gasteiger partial charge in [0, 0.05) is 32.6 Å². The summed E-state index contributed by atoms with van der Waals surface area (Å²) in [6.45, 7) is 6.99. The number of likely N-dealkylation sites (N-methyl/N-ethyl adjacent to an activating group) is 1. The predicted molar refractivity (Wildman–Crippen MR) is 186 cm³/mol. The van der Waals surface area contributed by atoms with Gasteiger partial charge in [-0.25, -0.2) is 10.4 Å². The Hall–Kier alpha value is -1.79. The molecule has 11 heteroatoms. The van der Waals surface area contributed by atoms with E-state index in [9.17, 15) is 19.5 Å². The van der Waals surface area contributed by atoms with Gasteiger partial charge in [-0.05, 0) is 55.3 Å². The van der Waals surface area contributed by atoms with Gasteiger partial charge in [0.15, 0.2) is 0 Å². The summed E-state index contributed by atoms with van der Waals surface area (Å²) in [6.07, 6.45) is 19.3. The summed E-state index contributed by atoms with van der Waals surface area (Å²) in [6, 6.07) is -1.64. The summed E-state index contributed by atoms with van der Waals surface area (Å²) in [5.41, 5.74) is 6.62. The number of carbonyl (C=O) groups excluding carboxylic acids is 3. The zero-order valence-corrected chi connectivity index (χ0v) is 30.6. The number of likely N-dealkylation sites (tertiary alicyclic amines) is 1. The molecule has 5 aliphatic rings. The van der Waals surface area contributed by atoms with Crippen LogP contribution in [-0.4, -0.2) is 95.9 Å². The predicted octanol–water partition coefficient (Wildman–Crippen LogP) is 3.95. The third kappa shape index (κ3) is 7.90. The number of hydrazine groups is 2. The number of methoxy groups -OCH3 is 1. The highest BCUT2D eigenvalue weighted by Gasteiger charge is 2.61. The Morgan fingerprint density at radius 2 is 1.50 bits per heavy atom. The normalized spacial score (nSPS) is 33.6. The smallest absolute Gasteiger partial charge is 0.322 e. The van der Waals surface area contributed by atoms with Gasteiger partial charge in [0.1, 0.15) is 18.1 Å². The minimum atomic E-state index is -0.736. The number of hydrogen-bond donors (Lipinski definition) is 5. The molecule has 5 rings (SSSR count). The first-order chi connectivity index (χ1) is 23.0. The van der Waals surface area contributed by atoms with Crippen LogP contribution in [0.2, 0.25) is 0 Å². The number of amides is 2. The second-order valence-corrected chi connectivity index (χ2v) is 16.9. The number of esters is 1. The van der Waals surface area contributed by atoms with Crippen LogP contribution in [0.25, 0.3) is 0 Å². The zero-order valence-electron chi connectivity index (χ0n) is 30.6. The first kappa shape index (κ1) is 37.5. The molecule has 3 heterocycles. The lowest BCUT2D eigenvalue weighted by Gasteiger charge is -2.57. The van der Waals surface area contributed by atoms with Gasteiger partial charge < -0.3 is 20.1 Å². The number of aliphatic hydroxyl groups excluding tert-OH is 1. The lowest BCUT2D eigenvalue weighted by Crippen LogP contribution is -2.73. The quantitative estimate of drug-likeness (QED) is 0.266. The molecule has 0 radical (unpaired) electrons. The maximum Gasteiger partial charge on any atom is 0.322 e. The summed E-state index contributed by atoms with van der Waals surface area (Å²) < 4.78 is 5.34. The fourth-order valence-electron chi connectivity index (χ4n) is 10.3. The van der Waals surface area contributed by atoms with Crippen molar-refractivity contribution in [3.8, 4) is 0 Å². The summed E-state index contributed by atoms with van der Waals surface area (Å²) in [4.78, 5) is 42.4. The van der Waals surface area contributed by atoms with E-state index in [2.05, 4.69) is 47.4 Å². The van der Waals surface area contributed by atoms with E-state index in [0.717, 1.165) is 38.5 Å². The van der Waals surface area contributed by atoms with E-state index in [0.29, 0.717) is 12.5 Å². The fraction of sp³-hybridized carbons (Fsp3) is 0.919. The standard InChI is InChI=1S/C37H66N6O5/c1-35(2,3)30(32(46)42-24-27(44)23-29(42)31(45)38-4)43-25-37(40-41-43,26-17-13-9-8-10-14-18-26)34-36(20-15-11-6-7-12-16-21-36)22-19-28(39-34)33(47)48-5/h26-30,34,39-41,44H,6-25H2,1-5H3,(H,38,45)/t27-,28?,29+,30-,34?,37?/m1/s1. The summed E-state index contributed by atoms with van der Waals surface area (Å²) in [7, 11) is 3.07. The second-order valence-electron chi connectivity index (χ2n) is 16.9. The third-order valence-corrected chi connectivity index (χ3v) is 12.7. The molecule has 5 fully saturated rings. The molecule has 0 aromatic heterocycles. The van der Waals surface area contributed by atoms with Crippen molar-refractivity contribution in [1.29, 1.82) is 0 Å². The zero-order chi connectivity index (χ0) is 34.5. The number of aliphatic hydroxyl groups is 1. The monoisotopic (exact) mass is 675 g/mol. The number of ether oxygens (including phenoxy) is 1. The number of β-amino-alcohol motifs (C(OH)–C–C–N with tert-alkyl or cyclic N) is 1. The summed E-state index contributed by atoms with van der Waals surface area (Å²) >= 11 is 0. The first-order valence-corrected chi connectivity index (χ1v) is 19.3. The molecule has 0 aromatic carbocycles. The number of hydrogen-bond acceptors (Lipinski definition) is 9. The molecule has 3 saturated heterocycles. The van der Waals surface area contributed by atoms with E-state index in [4.69, 9.17) is 4.74 Å². The molecule has 3 aliphatic heterocycles. The van der Waals surface area contributed by atoms with Crippen LogP contribution in [0.3, 0.4) is 0 Å². The Bertz CT molecular complexity index is 1100. The Labute approximate surface area is 289 Å². The molecule has 2 amide bonds. The molecule has 2 saturated carbocycles. The maximum absolute atomic E-state index is 14.7. The Kier molecular flexibility index (Phi) is 12.5. The van der Waals surface area contributed by atoms with E-state index >= 15 is 0 Å².